The molecule has 0 atom stereocenters. The molecule has 5 nitrogen and oxygen atoms in total. The van der Waals surface area contributed by atoms with Gasteiger partial charge in [0, 0.05) is 19.1 Å². The molecular formula is C10H14N2O3. The van der Waals surface area contributed by atoms with Crippen LogP contribution in [0.2, 0.25) is 0 Å². The maximum atomic E-state index is 11.4. The number of hydrogen-bond donors (Lipinski definition) is 2. The zero-order valence-corrected chi connectivity index (χ0v) is 8.62. The van der Waals surface area contributed by atoms with E-state index in [4.69, 9.17) is 4.74 Å². The number of hydrogen-bond acceptors (Lipinski definition) is 4. The lowest BCUT2D eigenvalue weighted by Gasteiger charge is -2.21. The Bertz CT molecular complexity index is 408. The number of aromatic amines is 1. The summed E-state index contributed by atoms with van der Waals surface area (Å²) in [7, 11) is 0. The molecule has 1 aliphatic rings. The normalized spacial score (nSPS) is 17.9. The quantitative estimate of drug-likeness (QED) is 0.714. The van der Waals surface area contributed by atoms with E-state index in [9.17, 15) is 9.90 Å². The third kappa shape index (κ3) is 2.02. The zero-order chi connectivity index (χ0) is 10.8. The lowest BCUT2D eigenvalue weighted by atomic mass is 9.99. The fraction of sp³-hybridized carbons (Fsp3) is 0.600. The molecule has 82 valence electrons. The largest absolute Gasteiger partial charge is 0.493 e. The summed E-state index contributed by atoms with van der Waals surface area (Å²) in [5.41, 5.74) is 0.00908. The molecular weight excluding hydrogens is 196 g/mol. The molecule has 1 aromatic heterocycles. The van der Waals surface area contributed by atoms with Crippen LogP contribution in [0.25, 0.3) is 0 Å². The molecule has 0 unspecified atom stereocenters. The van der Waals surface area contributed by atoms with E-state index in [0.29, 0.717) is 19.0 Å². The van der Waals surface area contributed by atoms with Gasteiger partial charge in [-0.25, -0.2) is 0 Å². The van der Waals surface area contributed by atoms with Crippen molar-refractivity contribution in [2.24, 2.45) is 0 Å². The summed E-state index contributed by atoms with van der Waals surface area (Å²) >= 11 is 0. The molecule has 0 amide bonds. The summed E-state index contributed by atoms with van der Waals surface area (Å²) in [5.74, 6) is 0.601. The second-order valence-electron chi connectivity index (χ2n) is 3.79. The molecule has 5 heteroatoms. The van der Waals surface area contributed by atoms with E-state index in [0.717, 1.165) is 12.8 Å². The average Bonchev–Trinajstić information content (AvgIpc) is 2.26. The Balaban J connectivity index is 2.32. The maximum Gasteiger partial charge on any atom is 0.257 e. The van der Waals surface area contributed by atoms with Crippen molar-refractivity contribution in [3.63, 3.8) is 0 Å². The number of aromatic nitrogens is 2. The molecule has 15 heavy (non-hydrogen) atoms. The van der Waals surface area contributed by atoms with Crippen molar-refractivity contribution < 1.29 is 9.84 Å². The third-order valence-corrected chi connectivity index (χ3v) is 2.75. The van der Waals surface area contributed by atoms with Gasteiger partial charge in [-0.2, -0.15) is 4.98 Å². The van der Waals surface area contributed by atoms with Crippen LogP contribution in [0.15, 0.2) is 4.79 Å². The van der Waals surface area contributed by atoms with Crippen molar-refractivity contribution in [2.75, 3.05) is 13.2 Å². The van der Waals surface area contributed by atoms with Crippen LogP contribution in [-0.2, 0) is 4.74 Å². The van der Waals surface area contributed by atoms with Crippen molar-refractivity contribution in [2.45, 2.75) is 25.7 Å². The first kappa shape index (κ1) is 10.2. The summed E-state index contributed by atoms with van der Waals surface area (Å²) in [6.07, 6.45) is 1.68. The van der Waals surface area contributed by atoms with Crippen LogP contribution in [0.5, 0.6) is 5.88 Å². The number of ether oxygens (including phenoxy) is 1. The molecule has 1 aromatic rings. The van der Waals surface area contributed by atoms with E-state index in [1.54, 1.807) is 6.92 Å². The summed E-state index contributed by atoms with van der Waals surface area (Å²) in [4.78, 5) is 18.1. The van der Waals surface area contributed by atoms with Crippen LogP contribution in [0, 0.1) is 6.92 Å². The van der Waals surface area contributed by atoms with Crippen molar-refractivity contribution in [3.05, 3.63) is 21.7 Å². The number of H-pyrrole nitrogens is 1. The minimum absolute atomic E-state index is 0.166. The molecule has 0 bridgehead atoms. The number of aromatic hydroxyl groups is 1. The molecule has 2 rings (SSSR count). The van der Waals surface area contributed by atoms with Crippen LogP contribution >= 0.6 is 0 Å². The van der Waals surface area contributed by atoms with Gasteiger partial charge >= 0.3 is 0 Å². The highest BCUT2D eigenvalue weighted by atomic mass is 16.5. The Kier molecular flexibility index (Phi) is 2.73. The number of nitrogens with zero attached hydrogens (tertiary/aromatic N) is 1. The van der Waals surface area contributed by atoms with Crippen molar-refractivity contribution >= 4 is 0 Å². The van der Waals surface area contributed by atoms with Gasteiger partial charge in [0.1, 0.15) is 5.82 Å². The summed E-state index contributed by atoms with van der Waals surface area (Å²) < 4.78 is 5.22. The van der Waals surface area contributed by atoms with Crippen molar-refractivity contribution in [3.8, 4) is 5.88 Å². The van der Waals surface area contributed by atoms with Gasteiger partial charge < -0.3 is 14.8 Å². The van der Waals surface area contributed by atoms with Gasteiger partial charge in [-0.15, -0.1) is 0 Å². The second kappa shape index (κ2) is 4.02. The van der Waals surface area contributed by atoms with E-state index in [1.807, 2.05) is 0 Å². The summed E-state index contributed by atoms with van der Waals surface area (Å²) in [5, 5.41) is 9.45. The lowest BCUT2D eigenvalue weighted by Crippen LogP contribution is -2.21. The number of nitrogens with one attached hydrogen (secondary N) is 1. The minimum atomic E-state index is -0.260. The summed E-state index contributed by atoms with van der Waals surface area (Å²) in [6, 6.07) is 0. The molecule has 1 saturated heterocycles. The first-order valence-electron chi connectivity index (χ1n) is 5.06. The van der Waals surface area contributed by atoms with E-state index >= 15 is 0 Å². The standard InChI is InChI=1S/C10H14N2O3/c1-6-9(13)11-8(12-10(6)14)7-2-4-15-5-3-7/h7H,2-5H2,1H3,(H2,11,12,13,14). The van der Waals surface area contributed by atoms with Crippen LogP contribution in [0.4, 0.5) is 0 Å². The predicted molar refractivity (Wildman–Crippen MR) is 54.1 cm³/mol. The molecule has 0 spiro atoms. The first-order valence-corrected chi connectivity index (χ1v) is 5.06. The Labute approximate surface area is 87.1 Å². The highest BCUT2D eigenvalue weighted by molar-refractivity contribution is 5.21. The monoisotopic (exact) mass is 210 g/mol. The Morgan fingerprint density at radius 1 is 1.47 bits per heavy atom. The Morgan fingerprint density at radius 3 is 2.73 bits per heavy atom. The van der Waals surface area contributed by atoms with E-state index in [2.05, 4.69) is 9.97 Å². The molecule has 0 radical (unpaired) electrons. The fourth-order valence-corrected chi connectivity index (χ4v) is 1.70. The SMILES string of the molecule is Cc1c(O)nc(C2CCOCC2)[nH]c1=O. The van der Waals surface area contributed by atoms with Crippen LogP contribution in [0.1, 0.15) is 30.1 Å². The number of rotatable bonds is 1. The highest BCUT2D eigenvalue weighted by Gasteiger charge is 2.19. The van der Waals surface area contributed by atoms with Gasteiger partial charge in [0.05, 0.1) is 5.56 Å². The van der Waals surface area contributed by atoms with Crippen molar-refractivity contribution in [1.82, 2.24) is 9.97 Å². The van der Waals surface area contributed by atoms with Gasteiger partial charge in [-0.05, 0) is 19.8 Å². The van der Waals surface area contributed by atoms with Crippen molar-refractivity contribution in [1.29, 1.82) is 0 Å². The molecule has 1 aliphatic heterocycles. The molecule has 1 fully saturated rings. The third-order valence-electron chi connectivity index (χ3n) is 2.75. The van der Waals surface area contributed by atoms with Crippen LogP contribution in [0.3, 0.4) is 0 Å². The van der Waals surface area contributed by atoms with Gasteiger partial charge in [0.2, 0.25) is 5.88 Å². The molecule has 2 heterocycles. The van der Waals surface area contributed by atoms with E-state index < -0.39 is 0 Å². The highest BCUT2D eigenvalue weighted by Crippen LogP contribution is 2.24. The molecule has 2 N–H and O–H groups in total. The first-order chi connectivity index (χ1) is 7.18. The zero-order valence-electron chi connectivity index (χ0n) is 8.62. The Morgan fingerprint density at radius 2 is 2.13 bits per heavy atom. The predicted octanol–water partition coefficient (Wildman–Crippen LogP) is 0.678. The molecule has 0 aromatic carbocycles. The molecule has 0 aliphatic carbocycles. The van der Waals surface area contributed by atoms with Crippen LogP contribution < -0.4 is 5.56 Å². The summed E-state index contributed by atoms with van der Waals surface area (Å²) in [6.45, 7) is 2.92. The topological polar surface area (TPSA) is 75.2 Å². The fourth-order valence-electron chi connectivity index (χ4n) is 1.70. The van der Waals surface area contributed by atoms with Gasteiger partial charge in [-0.1, -0.05) is 0 Å². The molecule has 0 saturated carbocycles. The second-order valence-corrected chi connectivity index (χ2v) is 3.79. The van der Waals surface area contributed by atoms with E-state index in [-0.39, 0.29) is 22.9 Å². The average molecular weight is 210 g/mol. The van der Waals surface area contributed by atoms with Gasteiger partial charge in [-0.3, -0.25) is 4.79 Å². The Hall–Kier alpha value is -1.36. The van der Waals surface area contributed by atoms with E-state index in [1.165, 1.54) is 0 Å². The lowest BCUT2D eigenvalue weighted by molar-refractivity contribution is 0.0833. The van der Waals surface area contributed by atoms with Gasteiger partial charge in [0.15, 0.2) is 0 Å². The smallest absolute Gasteiger partial charge is 0.257 e. The van der Waals surface area contributed by atoms with Crippen LogP contribution in [-0.4, -0.2) is 28.3 Å². The maximum absolute atomic E-state index is 11.4. The minimum Gasteiger partial charge on any atom is -0.493 e. The van der Waals surface area contributed by atoms with Gasteiger partial charge in [0.25, 0.3) is 5.56 Å².